The molecule has 0 atom stereocenters. The van der Waals surface area contributed by atoms with Crippen LogP contribution in [0, 0.1) is 0 Å². The number of aliphatic hydroxyl groups is 2. The van der Waals surface area contributed by atoms with E-state index in [1.165, 1.54) is 0 Å². The minimum atomic E-state index is -2.55. The van der Waals surface area contributed by atoms with E-state index in [9.17, 15) is 0 Å². The summed E-state index contributed by atoms with van der Waals surface area (Å²) in [6.07, 6.45) is 3.68. The van der Waals surface area contributed by atoms with E-state index in [0.29, 0.717) is 0 Å². The summed E-state index contributed by atoms with van der Waals surface area (Å²) in [6, 6.07) is 0.780. The Balaban J connectivity index is 4.78. The predicted octanol–water partition coefficient (Wildman–Crippen LogP) is 1.25. The van der Waals surface area contributed by atoms with Gasteiger partial charge in [-0.15, -0.1) is 0 Å². The summed E-state index contributed by atoms with van der Waals surface area (Å²) in [5.74, 6) is 0. The Hall–Kier alpha value is -0.0231. The lowest BCUT2D eigenvalue weighted by Gasteiger charge is -2.39. The van der Waals surface area contributed by atoms with Gasteiger partial charge in [0, 0.05) is 34.5 Å². The second-order valence-electron chi connectivity index (χ2n) is 5.74. The van der Waals surface area contributed by atoms with E-state index in [-0.39, 0.29) is 13.2 Å². The van der Waals surface area contributed by atoms with E-state index in [2.05, 4.69) is 6.92 Å². The van der Waals surface area contributed by atoms with Crippen molar-refractivity contribution in [1.29, 1.82) is 0 Å². The largest absolute Gasteiger partial charge is 0.505 e. The average molecular weight is 339 g/mol. The average Bonchev–Trinajstić information content (AvgIpc) is 2.56. The number of quaternary nitrogens is 1. The van der Waals surface area contributed by atoms with Gasteiger partial charge in [0.15, 0.2) is 0 Å². The topological polar surface area (TPSA) is 68.2 Å². The van der Waals surface area contributed by atoms with Crippen LogP contribution < -0.4 is 0 Å². The minimum absolute atomic E-state index is 0.243. The summed E-state index contributed by atoms with van der Waals surface area (Å²) in [4.78, 5) is 0. The van der Waals surface area contributed by atoms with Gasteiger partial charge in [-0.1, -0.05) is 0 Å². The molecule has 0 saturated carbocycles. The standard InChI is InChI=1S/C15H36NO5Si/c1-5-16(10-6-8-13-17,11-7-9-14-18)12-15-22(19-2,20-3)21-4/h17-18H,5-15H2,1-4H3/q+1. The first-order chi connectivity index (χ1) is 10.6. The molecule has 134 valence electrons. The molecule has 0 aliphatic carbocycles. The van der Waals surface area contributed by atoms with Crippen molar-refractivity contribution >= 4 is 8.80 Å². The van der Waals surface area contributed by atoms with Crippen LogP contribution in [0.15, 0.2) is 0 Å². The molecule has 0 radical (unpaired) electrons. The highest BCUT2D eigenvalue weighted by Gasteiger charge is 2.41. The van der Waals surface area contributed by atoms with Gasteiger partial charge >= 0.3 is 8.80 Å². The number of unbranched alkanes of at least 4 members (excludes halogenated alkanes) is 2. The fourth-order valence-electron chi connectivity index (χ4n) is 2.86. The van der Waals surface area contributed by atoms with Crippen LogP contribution in [0.1, 0.15) is 32.6 Å². The smallest absolute Gasteiger partial charge is 0.396 e. The molecule has 0 spiro atoms. The Bertz CT molecular complexity index is 246. The lowest BCUT2D eigenvalue weighted by atomic mass is 10.2. The molecular formula is C15H36NO5Si+. The number of rotatable bonds is 15. The fraction of sp³-hybridized carbons (Fsp3) is 1.00. The summed E-state index contributed by atoms with van der Waals surface area (Å²) in [5.41, 5.74) is 0. The molecule has 0 aromatic rings. The van der Waals surface area contributed by atoms with Gasteiger partial charge in [-0.25, -0.2) is 0 Å². The number of aliphatic hydroxyl groups excluding tert-OH is 2. The van der Waals surface area contributed by atoms with Crippen LogP contribution in [0.5, 0.6) is 0 Å². The number of hydrogen-bond acceptors (Lipinski definition) is 5. The molecule has 2 N–H and O–H groups in total. The maximum Gasteiger partial charge on any atom is 0.505 e. The van der Waals surface area contributed by atoms with Crippen molar-refractivity contribution < 1.29 is 28.0 Å². The van der Waals surface area contributed by atoms with Gasteiger partial charge in [0.25, 0.3) is 0 Å². The predicted molar refractivity (Wildman–Crippen MR) is 89.6 cm³/mol. The van der Waals surface area contributed by atoms with Gasteiger partial charge in [-0.2, -0.15) is 0 Å². The van der Waals surface area contributed by atoms with Gasteiger partial charge in [0.1, 0.15) is 0 Å². The van der Waals surface area contributed by atoms with Crippen LogP contribution in [-0.2, 0) is 13.3 Å². The van der Waals surface area contributed by atoms with Crippen molar-refractivity contribution in [2.24, 2.45) is 0 Å². The quantitative estimate of drug-likeness (QED) is 0.267. The first-order valence-corrected chi connectivity index (χ1v) is 10.2. The molecule has 0 bridgehead atoms. The van der Waals surface area contributed by atoms with Crippen molar-refractivity contribution in [2.75, 3.05) is 60.7 Å². The van der Waals surface area contributed by atoms with E-state index in [0.717, 1.165) is 62.4 Å². The van der Waals surface area contributed by atoms with E-state index in [4.69, 9.17) is 23.5 Å². The summed E-state index contributed by atoms with van der Waals surface area (Å²) >= 11 is 0. The molecule has 0 saturated heterocycles. The van der Waals surface area contributed by atoms with Crippen LogP contribution in [0.3, 0.4) is 0 Å². The summed E-state index contributed by atoms with van der Waals surface area (Å²) in [7, 11) is 2.40. The lowest BCUT2D eigenvalue weighted by molar-refractivity contribution is -0.925. The maximum absolute atomic E-state index is 9.03. The molecule has 6 nitrogen and oxygen atoms in total. The SMILES string of the molecule is CC[N+](CCCCO)(CCCCO)CC[Si](OC)(OC)OC. The van der Waals surface area contributed by atoms with E-state index in [1.54, 1.807) is 21.3 Å². The first-order valence-electron chi connectivity index (χ1n) is 8.30. The molecule has 0 fully saturated rings. The molecule has 0 aliphatic rings. The van der Waals surface area contributed by atoms with Gasteiger partial charge in [0.05, 0.1) is 32.2 Å². The fourth-order valence-corrected chi connectivity index (χ4v) is 4.72. The molecule has 0 rings (SSSR count). The second-order valence-corrected chi connectivity index (χ2v) is 8.83. The van der Waals surface area contributed by atoms with Crippen molar-refractivity contribution in [2.45, 2.75) is 38.7 Å². The molecule has 0 aliphatic heterocycles. The minimum Gasteiger partial charge on any atom is -0.396 e. The first kappa shape index (κ1) is 22.0. The Morgan fingerprint density at radius 2 is 1.23 bits per heavy atom. The molecule has 7 heteroatoms. The summed E-state index contributed by atoms with van der Waals surface area (Å²) in [6.45, 7) is 6.72. The van der Waals surface area contributed by atoms with Crippen molar-refractivity contribution in [3.63, 3.8) is 0 Å². The molecule has 0 amide bonds. The highest BCUT2D eigenvalue weighted by atomic mass is 28.4. The van der Waals surface area contributed by atoms with Gasteiger partial charge < -0.3 is 28.0 Å². The summed E-state index contributed by atoms with van der Waals surface area (Å²) < 4.78 is 17.6. The van der Waals surface area contributed by atoms with E-state index < -0.39 is 8.80 Å². The van der Waals surface area contributed by atoms with Gasteiger partial charge in [-0.05, 0) is 32.6 Å². The van der Waals surface area contributed by atoms with E-state index >= 15 is 0 Å². The monoisotopic (exact) mass is 338 g/mol. The Morgan fingerprint density at radius 1 is 0.773 bits per heavy atom. The van der Waals surface area contributed by atoms with Crippen molar-refractivity contribution in [3.05, 3.63) is 0 Å². The Labute approximate surface area is 136 Å². The van der Waals surface area contributed by atoms with Gasteiger partial charge in [0.2, 0.25) is 0 Å². The summed E-state index contributed by atoms with van der Waals surface area (Å²) in [5, 5.41) is 18.1. The molecule has 0 heterocycles. The Morgan fingerprint density at radius 3 is 1.55 bits per heavy atom. The van der Waals surface area contributed by atoms with Crippen LogP contribution in [0.25, 0.3) is 0 Å². The Kier molecular flexibility index (Phi) is 12.4. The van der Waals surface area contributed by atoms with Gasteiger partial charge in [-0.3, -0.25) is 0 Å². The number of nitrogens with zero attached hydrogens (tertiary/aromatic N) is 1. The van der Waals surface area contributed by atoms with Crippen molar-refractivity contribution in [1.82, 2.24) is 0 Å². The molecule has 22 heavy (non-hydrogen) atoms. The highest BCUT2D eigenvalue weighted by molar-refractivity contribution is 6.60. The zero-order valence-corrected chi connectivity index (χ0v) is 15.8. The third kappa shape index (κ3) is 7.50. The zero-order valence-electron chi connectivity index (χ0n) is 14.8. The maximum atomic E-state index is 9.03. The van der Waals surface area contributed by atoms with Crippen LogP contribution in [-0.4, -0.2) is 84.2 Å². The molecular weight excluding hydrogens is 302 g/mol. The van der Waals surface area contributed by atoms with Crippen LogP contribution in [0.4, 0.5) is 0 Å². The molecule has 0 aromatic carbocycles. The normalized spacial score (nSPS) is 12.8. The molecule has 0 aromatic heterocycles. The third-order valence-electron chi connectivity index (χ3n) is 4.58. The lowest BCUT2D eigenvalue weighted by Crippen LogP contribution is -2.54. The second kappa shape index (κ2) is 12.4. The number of hydrogen-bond donors (Lipinski definition) is 2. The van der Waals surface area contributed by atoms with Crippen molar-refractivity contribution in [3.8, 4) is 0 Å². The highest BCUT2D eigenvalue weighted by Crippen LogP contribution is 2.20. The zero-order chi connectivity index (χ0) is 16.9. The third-order valence-corrected chi connectivity index (χ3v) is 7.28. The van der Waals surface area contributed by atoms with Crippen LogP contribution >= 0.6 is 0 Å². The van der Waals surface area contributed by atoms with Crippen LogP contribution in [0.2, 0.25) is 6.04 Å². The molecule has 0 unspecified atom stereocenters. The van der Waals surface area contributed by atoms with E-state index in [1.807, 2.05) is 0 Å².